The summed E-state index contributed by atoms with van der Waals surface area (Å²) in [6.07, 6.45) is 0. The first-order valence-electron chi connectivity index (χ1n) is 6.15. The fraction of sp³-hybridized carbons (Fsp3) is 0.462. The topological polar surface area (TPSA) is 62.7 Å². The molecule has 0 radical (unpaired) electrons. The molecule has 0 saturated carbocycles. The van der Waals surface area contributed by atoms with E-state index in [-0.39, 0.29) is 24.0 Å². The van der Waals surface area contributed by atoms with Crippen LogP contribution in [0.3, 0.4) is 0 Å². The Hall–Kier alpha value is -0.670. The average molecular weight is 411 g/mol. The first kappa shape index (κ1) is 19.3. The van der Waals surface area contributed by atoms with Crippen LogP contribution in [-0.4, -0.2) is 49.8 Å². The van der Waals surface area contributed by atoms with Crippen LogP contribution in [0.25, 0.3) is 0 Å². The lowest BCUT2D eigenvalue weighted by molar-refractivity contribution is 0.203. The van der Waals surface area contributed by atoms with Gasteiger partial charge in [-0.1, -0.05) is 18.2 Å². The van der Waals surface area contributed by atoms with Gasteiger partial charge >= 0.3 is 0 Å². The number of benzene rings is 1. The maximum atomic E-state index is 12.0. The van der Waals surface area contributed by atoms with Crippen LogP contribution in [0.2, 0.25) is 0 Å². The molecule has 2 N–H and O–H groups in total. The zero-order valence-electron chi connectivity index (χ0n) is 11.8. The lowest BCUT2D eigenvalue weighted by Gasteiger charge is -2.11. The van der Waals surface area contributed by atoms with E-state index >= 15 is 0 Å². The molecule has 0 heterocycles. The summed E-state index contributed by atoms with van der Waals surface area (Å²) in [5.41, 5.74) is 0. The molecule has 1 aromatic carbocycles. The monoisotopic (exact) mass is 411 g/mol. The van der Waals surface area contributed by atoms with E-state index in [1.165, 1.54) is 0 Å². The van der Waals surface area contributed by atoms with Gasteiger partial charge in [-0.05, 0) is 12.1 Å². The number of halogens is 1. The predicted octanol–water partition coefficient (Wildman–Crippen LogP) is 1.22. The first-order valence-corrected chi connectivity index (χ1v) is 7.46. The van der Waals surface area contributed by atoms with Gasteiger partial charge in [0.25, 0.3) is 0 Å². The van der Waals surface area contributed by atoms with E-state index in [1.807, 2.05) is 30.3 Å². The standard InChI is InChI=1S/C13H21N3O2S.HI/c1-14-13(15-8-10-18-2)16-9-11-19(17)12-6-4-3-5-7-12;/h3-7H,8-11H2,1-2H3,(H2,14,15,16);1H. The lowest BCUT2D eigenvalue weighted by atomic mass is 10.4. The molecule has 0 amide bonds. The Balaban J connectivity index is 0.00000361. The molecule has 1 aromatic rings. The molecule has 0 bridgehead atoms. The van der Waals surface area contributed by atoms with Crippen molar-refractivity contribution in [2.75, 3.05) is 39.6 Å². The van der Waals surface area contributed by atoms with E-state index in [1.54, 1.807) is 14.2 Å². The minimum Gasteiger partial charge on any atom is -0.383 e. The molecule has 7 heteroatoms. The third kappa shape index (κ3) is 7.81. The third-order valence-corrected chi connectivity index (χ3v) is 3.78. The summed E-state index contributed by atoms with van der Waals surface area (Å²) >= 11 is 0. The van der Waals surface area contributed by atoms with Gasteiger partial charge in [0.05, 0.1) is 17.4 Å². The van der Waals surface area contributed by atoms with Gasteiger partial charge in [-0.3, -0.25) is 9.20 Å². The summed E-state index contributed by atoms with van der Waals surface area (Å²) in [5, 5.41) is 6.22. The lowest BCUT2D eigenvalue weighted by Crippen LogP contribution is -2.40. The highest BCUT2D eigenvalue weighted by atomic mass is 127. The maximum absolute atomic E-state index is 12.0. The minimum atomic E-state index is -0.979. The van der Waals surface area contributed by atoms with Gasteiger partial charge in [-0.25, -0.2) is 0 Å². The highest BCUT2D eigenvalue weighted by Gasteiger charge is 2.03. The smallest absolute Gasteiger partial charge is 0.191 e. The first-order chi connectivity index (χ1) is 9.27. The number of methoxy groups -OCH3 is 1. The molecule has 0 aliphatic rings. The Morgan fingerprint density at radius 2 is 1.90 bits per heavy atom. The molecule has 114 valence electrons. The van der Waals surface area contributed by atoms with E-state index < -0.39 is 10.8 Å². The maximum Gasteiger partial charge on any atom is 0.191 e. The van der Waals surface area contributed by atoms with Gasteiger partial charge in [0.15, 0.2) is 5.96 Å². The van der Waals surface area contributed by atoms with E-state index in [2.05, 4.69) is 15.6 Å². The normalized spacial score (nSPS) is 12.4. The van der Waals surface area contributed by atoms with Crippen molar-refractivity contribution in [3.63, 3.8) is 0 Å². The van der Waals surface area contributed by atoms with Crippen LogP contribution in [0.5, 0.6) is 0 Å². The number of aliphatic imine (C=N–C) groups is 1. The number of nitrogens with one attached hydrogen (secondary N) is 2. The highest BCUT2D eigenvalue weighted by molar-refractivity contribution is 14.0. The molecule has 1 rings (SSSR count). The van der Waals surface area contributed by atoms with Crippen molar-refractivity contribution in [3.8, 4) is 0 Å². The van der Waals surface area contributed by atoms with Crippen LogP contribution in [0.15, 0.2) is 40.2 Å². The zero-order valence-corrected chi connectivity index (χ0v) is 14.9. The Kier molecular flexibility index (Phi) is 11.7. The van der Waals surface area contributed by atoms with Crippen LogP contribution < -0.4 is 10.6 Å². The van der Waals surface area contributed by atoms with Crippen LogP contribution in [0.1, 0.15) is 0 Å². The Bertz CT molecular complexity index is 415. The molecule has 1 atom stereocenters. The Labute approximate surface area is 140 Å². The summed E-state index contributed by atoms with van der Waals surface area (Å²) in [6, 6.07) is 9.46. The molecule has 0 spiro atoms. The van der Waals surface area contributed by atoms with Gasteiger partial charge in [-0.15, -0.1) is 24.0 Å². The molecule has 0 aromatic heterocycles. The molecule has 0 fully saturated rings. The third-order valence-electron chi connectivity index (χ3n) is 2.41. The fourth-order valence-electron chi connectivity index (χ4n) is 1.44. The number of hydrogen-bond donors (Lipinski definition) is 2. The number of guanidine groups is 1. The van der Waals surface area contributed by atoms with Crippen molar-refractivity contribution >= 4 is 40.7 Å². The van der Waals surface area contributed by atoms with Crippen molar-refractivity contribution in [1.82, 2.24) is 10.6 Å². The van der Waals surface area contributed by atoms with Crippen LogP contribution in [-0.2, 0) is 15.5 Å². The van der Waals surface area contributed by atoms with Gasteiger partial charge in [0.2, 0.25) is 0 Å². The molecule has 1 unspecified atom stereocenters. The van der Waals surface area contributed by atoms with Gasteiger partial charge in [0.1, 0.15) is 0 Å². The van der Waals surface area contributed by atoms with Crippen LogP contribution in [0.4, 0.5) is 0 Å². The predicted molar refractivity (Wildman–Crippen MR) is 94.4 cm³/mol. The van der Waals surface area contributed by atoms with Gasteiger partial charge in [-0.2, -0.15) is 0 Å². The number of nitrogens with zero attached hydrogens (tertiary/aromatic N) is 1. The van der Waals surface area contributed by atoms with E-state index in [0.29, 0.717) is 31.4 Å². The molecule has 5 nitrogen and oxygen atoms in total. The largest absolute Gasteiger partial charge is 0.383 e. The minimum absolute atomic E-state index is 0. The summed E-state index contributed by atoms with van der Waals surface area (Å²) in [6.45, 7) is 1.92. The van der Waals surface area contributed by atoms with E-state index in [0.717, 1.165) is 4.90 Å². The van der Waals surface area contributed by atoms with Crippen molar-refractivity contribution < 1.29 is 8.95 Å². The Morgan fingerprint density at radius 3 is 2.50 bits per heavy atom. The van der Waals surface area contributed by atoms with Crippen molar-refractivity contribution in [3.05, 3.63) is 30.3 Å². The van der Waals surface area contributed by atoms with Gasteiger partial charge < -0.3 is 15.4 Å². The summed E-state index contributed by atoms with van der Waals surface area (Å²) in [4.78, 5) is 4.92. The highest BCUT2D eigenvalue weighted by Crippen LogP contribution is 2.04. The molecule has 0 aliphatic heterocycles. The van der Waals surface area contributed by atoms with Crippen molar-refractivity contribution in [1.29, 1.82) is 0 Å². The number of hydrogen-bond acceptors (Lipinski definition) is 3. The van der Waals surface area contributed by atoms with E-state index in [4.69, 9.17) is 4.74 Å². The molecular weight excluding hydrogens is 389 g/mol. The summed E-state index contributed by atoms with van der Waals surface area (Å²) < 4.78 is 16.9. The second-order valence-corrected chi connectivity index (χ2v) is 5.35. The van der Waals surface area contributed by atoms with Crippen molar-refractivity contribution in [2.45, 2.75) is 4.90 Å². The fourth-order valence-corrected chi connectivity index (χ4v) is 2.43. The molecule has 0 saturated heterocycles. The molecule has 0 aliphatic carbocycles. The second-order valence-electron chi connectivity index (χ2n) is 3.78. The van der Waals surface area contributed by atoms with Crippen LogP contribution >= 0.6 is 24.0 Å². The van der Waals surface area contributed by atoms with Crippen LogP contribution in [0, 0.1) is 0 Å². The average Bonchev–Trinajstić information content (AvgIpc) is 2.46. The quantitative estimate of drug-likeness (QED) is 0.307. The molecular formula is C13H22IN3O2S. The number of ether oxygens (including phenoxy) is 1. The number of rotatable bonds is 7. The zero-order chi connectivity index (χ0) is 13.9. The Morgan fingerprint density at radius 1 is 1.25 bits per heavy atom. The SMILES string of the molecule is CN=C(NCCOC)NCCS(=O)c1ccccc1.I. The van der Waals surface area contributed by atoms with Gasteiger partial charge in [0, 0.05) is 37.9 Å². The second kappa shape index (κ2) is 12.1. The van der Waals surface area contributed by atoms with E-state index in [9.17, 15) is 4.21 Å². The van der Waals surface area contributed by atoms with Crippen molar-refractivity contribution in [2.24, 2.45) is 4.99 Å². The summed E-state index contributed by atoms with van der Waals surface area (Å²) in [5.74, 6) is 1.25. The molecule has 20 heavy (non-hydrogen) atoms. The summed E-state index contributed by atoms with van der Waals surface area (Å²) in [7, 11) is 2.38.